The molecule has 0 bridgehead atoms. The van der Waals surface area contributed by atoms with E-state index in [1.807, 2.05) is 38.1 Å². The fraction of sp³-hybridized carbons (Fsp3) is 0.545. The molecule has 29 heavy (non-hydrogen) atoms. The van der Waals surface area contributed by atoms with E-state index in [4.69, 9.17) is 9.47 Å². The molecule has 3 unspecified atom stereocenters. The highest BCUT2D eigenvalue weighted by atomic mass is 16.5. The van der Waals surface area contributed by atoms with Crippen LogP contribution in [-0.2, 0) is 4.79 Å². The maximum absolute atomic E-state index is 13.0. The Morgan fingerprint density at radius 2 is 2.14 bits per heavy atom. The normalized spacial score (nSPS) is 25.5. The minimum absolute atomic E-state index is 0.0566. The van der Waals surface area contributed by atoms with Gasteiger partial charge in [-0.2, -0.15) is 0 Å². The summed E-state index contributed by atoms with van der Waals surface area (Å²) in [4.78, 5) is 26.5. The quantitative estimate of drug-likeness (QED) is 0.685. The van der Waals surface area contributed by atoms with Gasteiger partial charge < -0.3 is 19.9 Å². The third kappa shape index (κ3) is 4.24. The first-order valence-corrected chi connectivity index (χ1v) is 10.2. The number of nitrogens with zero attached hydrogens (tertiary/aromatic N) is 1. The number of amides is 3. The third-order valence-corrected chi connectivity index (χ3v) is 5.87. The van der Waals surface area contributed by atoms with Crippen molar-refractivity contribution in [2.75, 3.05) is 20.3 Å². The lowest BCUT2D eigenvalue weighted by Crippen LogP contribution is -2.54. The van der Waals surface area contributed by atoms with E-state index >= 15 is 0 Å². The van der Waals surface area contributed by atoms with Gasteiger partial charge in [-0.25, -0.2) is 4.79 Å². The molecule has 1 spiro atoms. The number of β-amino-alcohol motifs (C(OH)–C–C–N with tert-alkyl or cyclic N) is 1. The van der Waals surface area contributed by atoms with E-state index in [2.05, 4.69) is 5.32 Å². The molecule has 1 aromatic carbocycles. The Morgan fingerprint density at radius 1 is 1.34 bits per heavy atom. The van der Waals surface area contributed by atoms with Crippen LogP contribution >= 0.6 is 0 Å². The third-order valence-electron chi connectivity index (χ3n) is 5.87. The first kappa shape index (κ1) is 21.2. The summed E-state index contributed by atoms with van der Waals surface area (Å²) in [7, 11) is 1.55. The van der Waals surface area contributed by atoms with Crippen LogP contribution in [0.15, 0.2) is 24.3 Å². The van der Waals surface area contributed by atoms with Crippen LogP contribution in [0.2, 0.25) is 0 Å². The monoisotopic (exact) mass is 402 g/mol. The van der Waals surface area contributed by atoms with Crippen molar-refractivity contribution in [3.63, 3.8) is 0 Å². The number of aliphatic hydroxyl groups is 1. The summed E-state index contributed by atoms with van der Waals surface area (Å²) in [5.41, 5.74) is 0.158. The number of carbonyl (C=O) groups excluding carboxylic acids is 2. The molecule has 2 fully saturated rings. The molecule has 7 heteroatoms. The molecule has 3 atom stereocenters. The van der Waals surface area contributed by atoms with Crippen molar-refractivity contribution in [1.29, 1.82) is 0 Å². The van der Waals surface area contributed by atoms with Gasteiger partial charge in [-0.05, 0) is 43.4 Å². The van der Waals surface area contributed by atoms with Gasteiger partial charge in [0.2, 0.25) is 0 Å². The Bertz CT molecular complexity index is 793. The van der Waals surface area contributed by atoms with E-state index in [0.29, 0.717) is 17.9 Å². The molecule has 0 aromatic heterocycles. The average Bonchev–Trinajstić information content (AvgIpc) is 2.94. The zero-order chi connectivity index (χ0) is 21.0. The highest BCUT2D eigenvalue weighted by Gasteiger charge is 2.55. The van der Waals surface area contributed by atoms with Crippen LogP contribution in [0.4, 0.5) is 4.79 Å². The largest absolute Gasteiger partial charge is 0.493 e. The van der Waals surface area contributed by atoms with Crippen molar-refractivity contribution < 1.29 is 24.2 Å². The summed E-state index contributed by atoms with van der Waals surface area (Å²) >= 11 is 0. The maximum atomic E-state index is 13.0. The molecule has 1 saturated carbocycles. The molecule has 158 valence electrons. The summed E-state index contributed by atoms with van der Waals surface area (Å²) < 4.78 is 11.0. The number of hydrogen-bond acceptors (Lipinski definition) is 5. The molecule has 7 nitrogen and oxygen atoms in total. The first-order chi connectivity index (χ1) is 13.9. The Kier molecular flexibility index (Phi) is 6.47. The number of ether oxygens (including phenoxy) is 2. The van der Waals surface area contributed by atoms with Gasteiger partial charge in [0, 0.05) is 0 Å². The molecule has 1 saturated heterocycles. The molecule has 1 heterocycles. The number of urea groups is 1. The molecule has 3 rings (SSSR count). The van der Waals surface area contributed by atoms with Gasteiger partial charge in [-0.3, -0.25) is 9.69 Å². The molecular formula is C22H30N2O5. The molecule has 1 aliphatic carbocycles. The minimum Gasteiger partial charge on any atom is -0.493 e. The van der Waals surface area contributed by atoms with E-state index < -0.39 is 17.7 Å². The van der Waals surface area contributed by atoms with E-state index in [-0.39, 0.29) is 25.0 Å². The predicted octanol–water partition coefficient (Wildman–Crippen LogP) is 2.97. The van der Waals surface area contributed by atoms with Gasteiger partial charge in [0.05, 0.1) is 13.7 Å². The second-order valence-corrected chi connectivity index (χ2v) is 7.84. The summed E-state index contributed by atoms with van der Waals surface area (Å²) in [5, 5.41) is 13.3. The number of aliphatic hydroxyl groups excluding tert-OH is 1. The highest BCUT2D eigenvalue weighted by molar-refractivity contribution is 6.07. The van der Waals surface area contributed by atoms with Crippen LogP contribution < -0.4 is 14.8 Å². The van der Waals surface area contributed by atoms with Crippen LogP contribution in [-0.4, -0.2) is 53.8 Å². The second kappa shape index (κ2) is 8.86. The number of imide groups is 1. The fourth-order valence-electron chi connectivity index (χ4n) is 4.21. The smallest absolute Gasteiger partial charge is 0.325 e. The van der Waals surface area contributed by atoms with Crippen molar-refractivity contribution in [3.8, 4) is 11.5 Å². The SMILES string of the molecule is C/C=C/c1ccc(OCC(O)CN2C(=O)NC3(CCCCC3C)C2=O)c(OC)c1. The Balaban J connectivity index is 1.62. The van der Waals surface area contributed by atoms with Crippen molar-refractivity contribution in [3.05, 3.63) is 29.8 Å². The number of carbonyl (C=O) groups is 2. The summed E-state index contributed by atoms with van der Waals surface area (Å²) in [6.45, 7) is 3.78. The molecular weight excluding hydrogens is 372 g/mol. The van der Waals surface area contributed by atoms with Gasteiger partial charge in [-0.15, -0.1) is 0 Å². The zero-order valence-corrected chi connectivity index (χ0v) is 17.3. The van der Waals surface area contributed by atoms with Crippen LogP contribution in [0.3, 0.4) is 0 Å². The lowest BCUT2D eigenvalue weighted by Gasteiger charge is -2.36. The van der Waals surface area contributed by atoms with Crippen LogP contribution in [0.1, 0.15) is 45.1 Å². The second-order valence-electron chi connectivity index (χ2n) is 7.84. The average molecular weight is 402 g/mol. The Labute approximate surface area is 171 Å². The van der Waals surface area contributed by atoms with Gasteiger partial charge in [0.1, 0.15) is 18.2 Å². The molecule has 2 N–H and O–H groups in total. The van der Waals surface area contributed by atoms with E-state index in [1.54, 1.807) is 13.2 Å². The van der Waals surface area contributed by atoms with Gasteiger partial charge in [0.15, 0.2) is 11.5 Å². The van der Waals surface area contributed by atoms with E-state index in [1.165, 1.54) is 0 Å². The molecule has 2 aliphatic rings. The van der Waals surface area contributed by atoms with Crippen LogP contribution in [0.25, 0.3) is 6.08 Å². The van der Waals surface area contributed by atoms with Crippen molar-refractivity contribution in [2.45, 2.75) is 51.2 Å². The predicted molar refractivity (Wildman–Crippen MR) is 110 cm³/mol. The fourth-order valence-corrected chi connectivity index (χ4v) is 4.21. The standard InChI is InChI=1S/C22H30N2O5/c1-4-7-16-9-10-18(19(12-16)28-3)29-14-17(25)13-24-20(26)22(23-21(24)27)11-6-5-8-15(22)2/h4,7,9-10,12,15,17,25H,5-6,8,11,13-14H2,1-3H3,(H,23,27)/b7-4+. The zero-order valence-electron chi connectivity index (χ0n) is 17.3. The van der Waals surface area contributed by atoms with E-state index in [0.717, 1.165) is 29.7 Å². The molecule has 1 aromatic rings. The molecule has 0 radical (unpaired) electrons. The summed E-state index contributed by atoms with van der Waals surface area (Å²) in [6, 6.07) is 5.06. The van der Waals surface area contributed by atoms with Crippen molar-refractivity contribution in [2.24, 2.45) is 5.92 Å². The van der Waals surface area contributed by atoms with Crippen molar-refractivity contribution >= 4 is 18.0 Å². The van der Waals surface area contributed by atoms with Crippen LogP contribution in [0, 0.1) is 5.92 Å². The number of allylic oxidation sites excluding steroid dienone is 1. The highest BCUT2D eigenvalue weighted by Crippen LogP contribution is 2.38. The van der Waals surface area contributed by atoms with Gasteiger partial charge >= 0.3 is 6.03 Å². The maximum Gasteiger partial charge on any atom is 0.325 e. The first-order valence-electron chi connectivity index (χ1n) is 10.2. The summed E-state index contributed by atoms with van der Waals surface area (Å²) in [6.07, 6.45) is 6.42. The topological polar surface area (TPSA) is 88.1 Å². The lowest BCUT2D eigenvalue weighted by molar-refractivity contribution is -0.135. The summed E-state index contributed by atoms with van der Waals surface area (Å²) in [5.74, 6) is 0.903. The molecule has 1 aliphatic heterocycles. The number of hydrogen-bond donors (Lipinski definition) is 2. The number of benzene rings is 1. The number of methoxy groups -OCH3 is 1. The van der Waals surface area contributed by atoms with Gasteiger partial charge in [-0.1, -0.05) is 38.0 Å². The van der Waals surface area contributed by atoms with E-state index in [9.17, 15) is 14.7 Å². The van der Waals surface area contributed by atoms with Gasteiger partial charge in [0.25, 0.3) is 5.91 Å². The van der Waals surface area contributed by atoms with Crippen molar-refractivity contribution in [1.82, 2.24) is 10.2 Å². The number of nitrogens with one attached hydrogen (secondary N) is 1. The Morgan fingerprint density at radius 3 is 2.83 bits per heavy atom. The minimum atomic E-state index is -1.00. The lowest BCUT2D eigenvalue weighted by atomic mass is 9.73. The molecule has 3 amide bonds. The number of rotatable bonds is 7. The van der Waals surface area contributed by atoms with Crippen LogP contribution in [0.5, 0.6) is 11.5 Å². The Hall–Kier alpha value is -2.54.